The smallest absolute Gasteiger partial charge is 0.252 e. The molecular weight excluding hydrogens is 470 g/mol. The average molecular weight is 512 g/mol. The van der Waals surface area contributed by atoms with Crippen molar-refractivity contribution in [2.75, 3.05) is 13.1 Å². The van der Waals surface area contributed by atoms with Crippen LogP contribution in [-0.4, -0.2) is 58.6 Å². The number of aliphatic hydroxyl groups is 1. The molecule has 5 atom stereocenters. The molecule has 1 aliphatic carbocycles. The topological polar surface area (TPSA) is 81.7 Å². The Morgan fingerprint density at radius 2 is 1.83 bits per heavy atom. The SMILES string of the molecule is CC(C)(C)NC(=O)C1CC2CCCCC2CN1CC(O)C(Cc1ccccc1)NC(=O)c1ccsc1. The summed E-state index contributed by atoms with van der Waals surface area (Å²) >= 11 is 1.48. The maximum Gasteiger partial charge on any atom is 0.252 e. The quantitative estimate of drug-likeness (QED) is 0.495. The van der Waals surface area contributed by atoms with E-state index in [9.17, 15) is 14.7 Å². The minimum absolute atomic E-state index is 0.0423. The monoisotopic (exact) mass is 511 g/mol. The molecule has 6 nitrogen and oxygen atoms in total. The molecule has 0 spiro atoms. The van der Waals surface area contributed by atoms with Crippen molar-refractivity contribution in [3.8, 4) is 0 Å². The molecule has 196 valence electrons. The molecule has 1 aliphatic heterocycles. The molecule has 4 rings (SSSR count). The molecule has 2 aromatic rings. The van der Waals surface area contributed by atoms with Gasteiger partial charge in [0.25, 0.3) is 5.91 Å². The number of carbonyl (C=O) groups is 2. The van der Waals surface area contributed by atoms with E-state index in [0.717, 1.165) is 18.5 Å². The molecule has 5 unspecified atom stereocenters. The van der Waals surface area contributed by atoms with Crippen molar-refractivity contribution in [3.63, 3.8) is 0 Å². The van der Waals surface area contributed by atoms with Gasteiger partial charge in [-0.3, -0.25) is 14.5 Å². The van der Waals surface area contributed by atoms with Gasteiger partial charge in [0.15, 0.2) is 0 Å². The largest absolute Gasteiger partial charge is 0.390 e. The Bertz CT molecular complexity index is 989. The molecule has 2 heterocycles. The third kappa shape index (κ3) is 7.17. The number of rotatable bonds is 8. The Labute approximate surface area is 219 Å². The zero-order valence-electron chi connectivity index (χ0n) is 21.8. The summed E-state index contributed by atoms with van der Waals surface area (Å²) in [7, 11) is 0. The van der Waals surface area contributed by atoms with Crippen molar-refractivity contribution in [1.29, 1.82) is 0 Å². The fourth-order valence-corrected chi connectivity index (χ4v) is 6.43. The Kier molecular flexibility index (Phi) is 8.86. The number of β-amino-alcohol motifs (C(OH)–C–C–N with tert-alkyl or cyclic N) is 1. The molecule has 0 radical (unpaired) electrons. The van der Waals surface area contributed by atoms with Crippen LogP contribution in [-0.2, 0) is 11.2 Å². The van der Waals surface area contributed by atoms with Crippen molar-refractivity contribution in [2.45, 2.75) is 83.0 Å². The molecular formula is C29H41N3O3S. The summed E-state index contributed by atoms with van der Waals surface area (Å²) in [6.07, 6.45) is 5.41. The lowest BCUT2D eigenvalue weighted by Crippen LogP contribution is -2.60. The van der Waals surface area contributed by atoms with E-state index >= 15 is 0 Å². The number of aliphatic hydroxyl groups excluding tert-OH is 1. The highest BCUT2D eigenvalue weighted by molar-refractivity contribution is 7.08. The fraction of sp³-hybridized carbons (Fsp3) is 0.586. The normalized spacial score (nSPS) is 24.4. The molecule has 0 bridgehead atoms. The second kappa shape index (κ2) is 11.9. The van der Waals surface area contributed by atoms with Crippen LogP contribution in [0.4, 0.5) is 0 Å². The van der Waals surface area contributed by atoms with E-state index in [1.54, 1.807) is 6.07 Å². The number of hydrogen-bond acceptors (Lipinski definition) is 5. The number of carbonyl (C=O) groups excluding carboxylic acids is 2. The fourth-order valence-electron chi connectivity index (χ4n) is 5.79. The van der Waals surface area contributed by atoms with Crippen LogP contribution in [0.5, 0.6) is 0 Å². The predicted octanol–water partition coefficient (Wildman–Crippen LogP) is 4.25. The molecule has 2 amide bonds. The van der Waals surface area contributed by atoms with Crippen LogP contribution < -0.4 is 10.6 Å². The zero-order valence-corrected chi connectivity index (χ0v) is 22.6. The Morgan fingerprint density at radius 1 is 1.11 bits per heavy atom. The van der Waals surface area contributed by atoms with E-state index in [1.807, 2.05) is 61.9 Å². The van der Waals surface area contributed by atoms with Gasteiger partial charge >= 0.3 is 0 Å². The molecule has 2 fully saturated rings. The number of hydrogen-bond donors (Lipinski definition) is 3. The lowest BCUT2D eigenvalue weighted by Gasteiger charge is -2.47. The van der Waals surface area contributed by atoms with Gasteiger partial charge in [0.05, 0.1) is 18.2 Å². The highest BCUT2D eigenvalue weighted by Gasteiger charge is 2.41. The Morgan fingerprint density at radius 3 is 2.50 bits per heavy atom. The van der Waals surface area contributed by atoms with E-state index in [1.165, 1.54) is 37.0 Å². The minimum Gasteiger partial charge on any atom is -0.390 e. The number of thiophene rings is 1. The van der Waals surface area contributed by atoms with Gasteiger partial charge in [-0.2, -0.15) is 11.3 Å². The molecule has 7 heteroatoms. The van der Waals surface area contributed by atoms with Gasteiger partial charge in [-0.05, 0) is 68.9 Å². The van der Waals surface area contributed by atoms with Crippen molar-refractivity contribution in [2.24, 2.45) is 11.8 Å². The van der Waals surface area contributed by atoms with Gasteiger partial charge in [-0.15, -0.1) is 0 Å². The van der Waals surface area contributed by atoms with Gasteiger partial charge in [0, 0.05) is 29.6 Å². The molecule has 2 aliphatic rings. The zero-order chi connectivity index (χ0) is 25.7. The number of fused-ring (bicyclic) bond motifs is 1. The molecule has 1 saturated heterocycles. The van der Waals surface area contributed by atoms with E-state index in [4.69, 9.17) is 0 Å². The highest BCUT2D eigenvalue weighted by Crippen LogP contribution is 2.39. The molecule has 1 saturated carbocycles. The third-order valence-corrected chi connectivity index (χ3v) is 8.27. The van der Waals surface area contributed by atoms with Gasteiger partial charge in [0.2, 0.25) is 5.91 Å². The lowest BCUT2D eigenvalue weighted by molar-refractivity contribution is -0.132. The Balaban J connectivity index is 1.52. The van der Waals surface area contributed by atoms with Gasteiger partial charge in [-0.25, -0.2) is 0 Å². The summed E-state index contributed by atoms with van der Waals surface area (Å²) in [5.41, 5.74) is 1.35. The standard InChI is InChI=1S/C29H41N3O3S/c1-29(2,3)31-28(35)25-16-21-11-7-8-12-22(21)17-32(25)18-26(33)24(15-20-9-5-4-6-10-20)30-27(34)23-13-14-36-19-23/h4-6,9-10,13-14,19,21-22,24-26,33H,7-8,11-12,15-18H2,1-3H3,(H,30,34)(H,31,35). The predicted molar refractivity (Wildman–Crippen MR) is 145 cm³/mol. The summed E-state index contributed by atoms with van der Waals surface area (Å²) in [4.78, 5) is 28.5. The van der Waals surface area contributed by atoms with Crippen molar-refractivity contribution >= 4 is 23.2 Å². The van der Waals surface area contributed by atoms with Crippen molar-refractivity contribution < 1.29 is 14.7 Å². The summed E-state index contributed by atoms with van der Waals surface area (Å²) in [6, 6.07) is 11.0. The van der Waals surface area contributed by atoms with E-state index in [-0.39, 0.29) is 23.4 Å². The first-order chi connectivity index (χ1) is 17.2. The van der Waals surface area contributed by atoms with Crippen LogP contribution in [0, 0.1) is 11.8 Å². The average Bonchev–Trinajstić information content (AvgIpc) is 3.38. The summed E-state index contributed by atoms with van der Waals surface area (Å²) < 4.78 is 0. The van der Waals surface area contributed by atoms with Crippen LogP contribution in [0.1, 0.15) is 68.8 Å². The maximum absolute atomic E-state index is 13.4. The second-order valence-electron chi connectivity index (χ2n) is 11.6. The Hall–Kier alpha value is -2.22. The number of piperidine rings is 1. The minimum atomic E-state index is -0.808. The number of nitrogens with zero attached hydrogens (tertiary/aromatic N) is 1. The highest BCUT2D eigenvalue weighted by atomic mass is 32.1. The van der Waals surface area contributed by atoms with Gasteiger partial charge in [0.1, 0.15) is 0 Å². The van der Waals surface area contributed by atoms with Gasteiger partial charge in [-0.1, -0.05) is 49.6 Å². The first-order valence-electron chi connectivity index (χ1n) is 13.3. The van der Waals surface area contributed by atoms with Crippen LogP contribution in [0.2, 0.25) is 0 Å². The third-order valence-electron chi connectivity index (χ3n) is 7.59. The van der Waals surface area contributed by atoms with E-state index < -0.39 is 12.1 Å². The first kappa shape index (κ1) is 26.8. The van der Waals surface area contributed by atoms with E-state index in [0.29, 0.717) is 30.4 Å². The number of amides is 2. The maximum atomic E-state index is 13.4. The second-order valence-corrected chi connectivity index (χ2v) is 12.4. The van der Waals surface area contributed by atoms with E-state index in [2.05, 4.69) is 15.5 Å². The molecule has 36 heavy (non-hydrogen) atoms. The van der Waals surface area contributed by atoms with Crippen LogP contribution in [0.25, 0.3) is 0 Å². The van der Waals surface area contributed by atoms with Crippen molar-refractivity contribution in [3.05, 3.63) is 58.3 Å². The van der Waals surface area contributed by atoms with Gasteiger partial charge < -0.3 is 15.7 Å². The van der Waals surface area contributed by atoms with Crippen LogP contribution in [0.3, 0.4) is 0 Å². The summed E-state index contributed by atoms with van der Waals surface area (Å²) in [6.45, 7) is 7.19. The summed E-state index contributed by atoms with van der Waals surface area (Å²) in [5, 5.41) is 21.5. The molecule has 1 aromatic heterocycles. The van der Waals surface area contributed by atoms with Crippen molar-refractivity contribution in [1.82, 2.24) is 15.5 Å². The molecule has 3 N–H and O–H groups in total. The lowest BCUT2D eigenvalue weighted by atomic mass is 9.72. The van der Waals surface area contributed by atoms with Crippen LogP contribution in [0.15, 0.2) is 47.2 Å². The number of likely N-dealkylation sites (tertiary alicyclic amines) is 1. The first-order valence-corrected chi connectivity index (χ1v) is 14.2. The number of nitrogens with one attached hydrogen (secondary N) is 2. The summed E-state index contributed by atoms with van der Waals surface area (Å²) in [5.74, 6) is 1.00. The molecule has 1 aromatic carbocycles. The van der Waals surface area contributed by atoms with Crippen LogP contribution >= 0.6 is 11.3 Å². The number of benzene rings is 1.